The van der Waals surface area contributed by atoms with Gasteiger partial charge in [0.05, 0.1) is 24.0 Å². The Morgan fingerprint density at radius 2 is 1.95 bits per heavy atom. The Bertz CT molecular complexity index is 329. The molecule has 5 heteroatoms. The molecule has 3 N–H and O–H groups in total. The molecule has 0 spiro atoms. The van der Waals surface area contributed by atoms with Crippen molar-refractivity contribution < 1.29 is 19.8 Å². The predicted octanol–water partition coefficient (Wildman–Crippen LogP) is 1.40. The maximum Gasteiger partial charge on any atom is 0.307 e. The van der Waals surface area contributed by atoms with E-state index in [0.29, 0.717) is 25.2 Å². The Labute approximate surface area is 114 Å². The highest BCUT2D eigenvalue weighted by Crippen LogP contribution is 2.34. The molecule has 1 saturated carbocycles. The van der Waals surface area contributed by atoms with Crippen LogP contribution in [0.15, 0.2) is 0 Å². The van der Waals surface area contributed by atoms with Crippen molar-refractivity contribution in [3.8, 4) is 0 Å². The first kappa shape index (κ1) is 16.0. The molecule has 110 valence electrons. The molecule has 0 aromatic rings. The third-order valence-electron chi connectivity index (χ3n) is 4.12. The van der Waals surface area contributed by atoms with Gasteiger partial charge in [-0.2, -0.15) is 0 Å². The first-order chi connectivity index (χ1) is 8.86. The summed E-state index contributed by atoms with van der Waals surface area (Å²) in [6, 6.07) is -0.304. The van der Waals surface area contributed by atoms with Gasteiger partial charge in [0.1, 0.15) is 0 Å². The van der Waals surface area contributed by atoms with Crippen LogP contribution in [0, 0.1) is 17.8 Å². The van der Waals surface area contributed by atoms with Gasteiger partial charge in [-0.25, -0.2) is 0 Å². The number of hydrogen-bond donors (Lipinski definition) is 3. The van der Waals surface area contributed by atoms with Gasteiger partial charge in [0.2, 0.25) is 5.91 Å². The van der Waals surface area contributed by atoms with E-state index in [1.165, 1.54) is 0 Å². The van der Waals surface area contributed by atoms with Crippen molar-refractivity contribution >= 4 is 11.9 Å². The molecule has 0 saturated heterocycles. The second-order valence-corrected chi connectivity index (χ2v) is 5.73. The normalized spacial score (nSPS) is 30.4. The highest BCUT2D eigenvalue weighted by Gasteiger charge is 2.38. The molecule has 0 aromatic carbocycles. The number of aliphatic hydroxyl groups excluding tert-OH is 1. The van der Waals surface area contributed by atoms with Crippen LogP contribution in [-0.2, 0) is 9.59 Å². The molecule has 0 radical (unpaired) electrons. The summed E-state index contributed by atoms with van der Waals surface area (Å²) in [6.45, 7) is 5.54. The van der Waals surface area contributed by atoms with E-state index in [9.17, 15) is 19.8 Å². The summed E-state index contributed by atoms with van der Waals surface area (Å²) in [5, 5.41) is 21.6. The summed E-state index contributed by atoms with van der Waals surface area (Å²) in [5.74, 6) is -1.84. The van der Waals surface area contributed by atoms with Gasteiger partial charge in [-0.3, -0.25) is 9.59 Å². The molecule has 0 heterocycles. The third-order valence-corrected chi connectivity index (χ3v) is 4.12. The number of aliphatic carboxylic acids is 1. The van der Waals surface area contributed by atoms with Crippen LogP contribution in [-0.4, -0.2) is 34.2 Å². The van der Waals surface area contributed by atoms with Crippen molar-refractivity contribution in [1.82, 2.24) is 5.32 Å². The number of hydrogen-bond acceptors (Lipinski definition) is 3. The van der Waals surface area contributed by atoms with Crippen molar-refractivity contribution in [3.63, 3.8) is 0 Å². The summed E-state index contributed by atoms with van der Waals surface area (Å²) in [6.07, 6.45) is 2.05. The minimum Gasteiger partial charge on any atom is -0.481 e. The zero-order chi connectivity index (χ0) is 14.6. The van der Waals surface area contributed by atoms with E-state index in [-0.39, 0.29) is 11.9 Å². The molecule has 1 aliphatic carbocycles. The molecule has 1 rings (SSSR count). The predicted molar refractivity (Wildman–Crippen MR) is 71.5 cm³/mol. The van der Waals surface area contributed by atoms with E-state index in [2.05, 4.69) is 5.32 Å². The average Bonchev–Trinajstić information content (AvgIpc) is 2.34. The van der Waals surface area contributed by atoms with E-state index in [0.717, 1.165) is 6.42 Å². The minimum absolute atomic E-state index is 0.230. The lowest BCUT2D eigenvalue weighted by molar-refractivity contribution is -0.150. The van der Waals surface area contributed by atoms with Crippen LogP contribution in [0.5, 0.6) is 0 Å². The van der Waals surface area contributed by atoms with E-state index in [1.54, 1.807) is 6.92 Å². The van der Waals surface area contributed by atoms with Crippen molar-refractivity contribution in [3.05, 3.63) is 0 Å². The Hall–Kier alpha value is -1.10. The Morgan fingerprint density at radius 1 is 1.32 bits per heavy atom. The average molecular weight is 271 g/mol. The van der Waals surface area contributed by atoms with Gasteiger partial charge in [-0.05, 0) is 38.5 Å². The molecule has 0 bridgehead atoms. The highest BCUT2D eigenvalue weighted by atomic mass is 16.4. The molecular weight excluding hydrogens is 246 g/mol. The van der Waals surface area contributed by atoms with Gasteiger partial charge in [-0.15, -0.1) is 0 Å². The molecule has 0 aliphatic heterocycles. The summed E-state index contributed by atoms with van der Waals surface area (Å²) in [5.41, 5.74) is 0. The first-order valence-electron chi connectivity index (χ1n) is 7.08. The highest BCUT2D eigenvalue weighted by molar-refractivity contribution is 5.85. The molecule has 0 aromatic heterocycles. The molecule has 5 atom stereocenters. The number of aliphatic hydroxyl groups is 1. The van der Waals surface area contributed by atoms with Gasteiger partial charge < -0.3 is 15.5 Å². The first-order valence-corrected chi connectivity index (χ1v) is 7.08. The van der Waals surface area contributed by atoms with E-state index in [1.807, 2.05) is 13.8 Å². The fraction of sp³-hybridized carbons (Fsp3) is 0.857. The van der Waals surface area contributed by atoms with Crippen LogP contribution in [0.25, 0.3) is 0 Å². The number of carboxylic acid groups (broad SMARTS) is 1. The van der Waals surface area contributed by atoms with E-state index in [4.69, 9.17) is 0 Å². The van der Waals surface area contributed by atoms with Crippen LogP contribution in [0.1, 0.15) is 46.5 Å². The zero-order valence-electron chi connectivity index (χ0n) is 11.9. The quantitative estimate of drug-likeness (QED) is 0.705. The summed E-state index contributed by atoms with van der Waals surface area (Å²) in [4.78, 5) is 23.5. The maximum atomic E-state index is 12.2. The summed E-state index contributed by atoms with van der Waals surface area (Å²) >= 11 is 0. The smallest absolute Gasteiger partial charge is 0.307 e. The van der Waals surface area contributed by atoms with Crippen molar-refractivity contribution in [2.75, 3.05) is 0 Å². The van der Waals surface area contributed by atoms with Crippen LogP contribution >= 0.6 is 0 Å². The fourth-order valence-electron chi connectivity index (χ4n) is 2.82. The standard InChI is InChI=1S/C14H25NO4/c1-4-12(9(3)16)15-13(17)10-6-5-8(2)7-11(10)14(18)19/h8-12,16H,4-7H2,1-3H3,(H,15,17)(H,18,19)/t8?,9-,10?,11?,12-/m0/s1. The topological polar surface area (TPSA) is 86.6 Å². The number of carbonyl (C=O) groups is 2. The Kier molecular flexibility index (Phi) is 5.79. The van der Waals surface area contributed by atoms with Crippen LogP contribution in [0.3, 0.4) is 0 Å². The zero-order valence-corrected chi connectivity index (χ0v) is 11.9. The molecule has 1 fully saturated rings. The number of carboxylic acids is 1. The molecule has 3 unspecified atom stereocenters. The van der Waals surface area contributed by atoms with Gasteiger partial charge in [0, 0.05) is 0 Å². The lowest BCUT2D eigenvalue weighted by Gasteiger charge is -2.32. The third kappa shape index (κ3) is 4.20. The second kappa shape index (κ2) is 6.89. The Balaban J connectivity index is 2.70. The number of rotatable bonds is 5. The number of carbonyl (C=O) groups excluding carboxylic acids is 1. The van der Waals surface area contributed by atoms with Crippen molar-refractivity contribution in [2.24, 2.45) is 17.8 Å². The van der Waals surface area contributed by atoms with Gasteiger partial charge in [0.25, 0.3) is 0 Å². The van der Waals surface area contributed by atoms with Crippen LogP contribution in [0.2, 0.25) is 0 Å². The minimum atomic E-state index is -0.892. The largest absolute Gasteiger partial charge is 0.481 e. The SMILES string of the molecule is CC[C@H](NC(=O)C1CCC(C)CC1C(=O)O)[C@H](C)O. The Morgan fingerprint density at radius 3 is 2.42 bits per heavy atom. The van der Waals surface area contributed by atoms with E-state index >= 15 is 0 Å². The summed E-state index contributed by atoms with van der Waals surface area (Å²) < 4.78 is 0. The fourth-order valence-corrected chi connectivity index (χ4v) is 2.82. The molecule has 1 amide bonds. The van der Waals surface area contributed by atoms with Crippen molar-refractivity contribution in [1.29, 1.82) is 0 Å². The van der Waals surface area contributed by atoms with E-state index < -0.39 is 23.9 Å². The molecule has 5 nitrogen and oxygen atoms in total. The van der Waals surface area contributed by atoms with Gasteiger partial charge in [0.15, 0.2) is 0 Å². The number of amides is 1. The second-order valence-electron chi connectivity index (χ2n) is 5.73. The maximum absolute atomic E-state index is 12.2. The molecule has 1 aliphatic rings. The van der Waals surface area contributed by atoms with Gasteiger partial charge in [-0.1, -0.05) is 13.8 Å². The molecule has 19 heavy (non-hydrogen) atoms. The molecular formula is C14H25NO4. The van der Waals surface area contributed by atoms with Gasteiger partial charge >= 0.3 is 5.97 Å². The van der Waals surface area contributed by atoms with Crippen LogP contribution < -0.4 is 5.32 Å². The lowest BCUT2D eigenvalue weighted by Crippen LogP contribution is -2.48. The summed E-state index contributed by atoms with van der Waals surface area (Å²) in [7, 11) is 0. The number of nitrogens with one attached hydrogen (secondary N) is 1. The monoisotopic (exact) mass is 271 g/mol. The lowest BCUT2D eigenvalue weighted by atomic mass is 9.74. The van der Waals surface area contributed by atoms with Crippen molar-refractivity contribution in [2.45, 2.75) is 58.6 Å². The van der Waals surface area contributed by atoms with Crippen LogP contribution in [0.4, 0.5) is 0 Å².